The number of anilines is 2. The lowest BCUT2D eigenvalue weighted by Gasteiger charge is -2.25. The Bertz CT molecular complexity index is 486. The second-order valence-corrected chi connectivity index (χ2v) is 5.08. The number of rotatable bonds is 0. The summed E-state index contributed by atoms with van der Waals surface area (Å²) >= 11 is 0. The molecule has 4 heteroatoms. The lowest BCUT2D eigenvalue weighted by atomic mass is 9.84. The van der Waals surface area contributed by atoms with Gasteiger partial charge in [0.1, 0.15) is 0 Å². The molecule has 0 saturated carbocycles. The molecule has 2 aliphatic heterocycles. The summed E-state index contributed by atoms with van der Waals surface area (Å²) in [5.74, 6) is 0.0388. The van der Waals surface area contributed by atoms with Crippen LogP contribution in [0, 0.1) is 12.3 Å². The number of para-hydroxylation sites is 1. The molecule has 4 nitrogen and oxygen atoms in total. The zero-order chi connectivity index (χ0) is 12.0. The van der Waals surface area contributed by atoms with Gasteiger partial charge in [-0.2, -0.15) is 0 Å². The minimum Gasteiger partial charge on any atom is -0.378 e. The molecule has 1 fully saturated rings. The van der Waals surface area contributed by atoms with Gasteiger partial charge in [-0.3, -0.25) is 4.79 Å². The molecule has 1 aromatic rings. The third kappa shape index (κ3) is 1.44. The van der Waals surface area contributed by atoms with Gasteiger partial charge in [0.25, 0.3) is 0 Å². The Kier molecular flexibility index (Phi) is 2.16. The molecule has 0 spiro atoms. The van der Waals surface area contributed by atoms with E-state index in [1.54, 1.807) is 0 Å². The number of carbonyl (C=O) groups is 1. The van der Waals surface area contributed by atoms with E-state index in [1.165, 1.54) is 0 Å². The summed E-state index contributed by atoms with van der Waals surface area (Å²) in [4.78, 5) is 12.3. The van der Waals surface area contributed by atoms with E-state index in [4.69, 9.17) is 4.74 Å². The monoisotopic (exact) mass is 232 g/mol. The molecule has 0 aromatic heterocycles. The fourth-order valence-electron chi connectivity index (χ4n) is 2.50. The maximum atomic E-state index is 12.3. The minimum atomic E-state index is -0.481. The van der Waals surface area contributed by atoms with Gasteiger partial charge in [-0.05, 0) is 25.5 Å². The predicted molar refractivity (Wildman–Crippen MR) is 66.1 cm³/mol. The van der Waals surface area contributed by atoms with Gasteiger partial charge >= 0.3 is 0 Å². The van der Waals surface area contributed by atoms with Gasteiger partial charge in [0.2, 0.25) is 5.91 Å². The van der Waals surface area contributed by atoms with E-state index in [9.17, 15) is 4.79 Å². The summed E-state index contributed by atoms with van der Waals surface area (Å²) in [5.41, 5.74) is 2.54. The number of hydrogen-bond acceptors (Lipinski definition) is 3. The van der Waals surface area contributed by atoms with E-state index in [-0.39, 0.29) is 11.9 Å². The Labute approximate surface area is 100 Å². The highest BCUT2D eigenvalue weighted by Crippen LogP contribution is 2.38. The number of hydrogen-bond donors (Lipinski definition) is 2. The van der Waals surface area contributed by atoms with Crippen LogP contribution in [0.4, 0.5) is 11.4 Å². The molecule has 2 unspecified atom stereocenters. The summed E-state index contributed by atoms with van der Waals surface area (Å²) in [7, 11) is 0. The molecule has 90 valence electrons. The van der Waals surface area contributed by atoms with Crippen molar-refractivity contribution in [2.45, 2.75) is 19.9 Å². The lowest BCUT2D eigenvalue weighted by Crippen LogP contribution is -2.44. The van der Waals surface area contributed by atoms with Crippen molar-refractivity contribution in [2.75, 3.05) is 23.8 Å². The Morgan fingerprint density at radius 3 is 3.12 bits per heavy atom. The molecular weight excluding hydrogens is 216 g/mol. The van der Waals surface area contributed by atoms with Crippen molar-refractivity contribution < 1.29 is 9.53 Å². The van der Waals surface area contributed by atoms with E-state index in [0.29, 0.717) is 13.2 Å². The van der Waals surface area contributed by atoms with Gasteiger partial charge in [0.15, 0.2) is 0 Å². The number of aryl methyl sites for hydroxylation is 1. The maximum absolute atomic E-state index is 12.3. The van der Waals surface area contributed by atoms with E-state index in [1.807, 2.05) is 32.0 Å². The molecule has 0 bridgehead atoms. The number of amides is 1. The van der Waals surface area contributed by atoms with Crippen molar-refractivity contribution in [3.05, 3.63) is 23.8 Å². The average Bonchev–Trinajstić information content (AvgIpc) is 2.62. The smallest absolute Gasteiger partial charge is 0.234 e. The molecule has 1 saturated heterocycles. The van der Waals surface area contributed by atoms with Gasteiger partial charge < -0.3 is 15.4 Å². The first kappa shape index (κ1) is 10.6. The zero-order valence-electron chi connectivity index (χ0n) is 10.0. The fraction of sp³-hybridized carbons (Fsp3) is 0.462. The lowest BCUT2D eigenvalue weighted by molar-refractivity contribution is -0.124. The van der Waals surface area contributed by atoms with Crippen molar-refractivity contribution in [1.29, 1.82) is 0 Å². The van der Waals surface area contributed by atoms with Crippen LogP contribution in [0.15, 0.2) is 18.2 Å². The molecule has 2 atom stereocenters. The normalized spacial score (nSPS) is 30.9. The van der Waals surface area contributed by atoms with E-state index in [0.717, 1.165) is 16.9 Å². The van der Waals surface area contributed by atoms with Gasteiger partial charge in [0.05, 0.1) is 36.0 Å². The summed E-state index contributed by atoms with van der Waals surface area (Å²) in [6, 6.07) is 5.97. The van der Waals surface area contributed by atoms with Crippen LogP contribution < -0.4 is 10.6 Å². The third-order valence-corrected chi connectivity index (χ3v) is 3.81. The summed E-state index contributed by atoms with van der Waals surface area (Å²) in [5, 5.41) is 6.45. The van der Waals surface area contributed by atoms with Crippen molar-refractivity contribution in [2.24, 2.45) is 5.41 Å². The highest BCUT2D eigenvalue weighted by Gasteiger charge is 2.48. The molecule has 2 heterocycles. The number of ether oxygens (including phenoxy) is 1. The van der Waals surface area contributed by atoms with Gasteiger partial charge in [-0.15, -0.1) is 0 Å². The predicted octanol–water partition coefficient (Wildman–Crippen LogP) is 1.76. The Morgan fingerprint density at radius 2 is 2.29 bits per heavy atom. The number of benzene rings is 1. The van der Waals surface area contributed by atoms with E-state index in [2.05, 4.69) is 10.6 Å². The molecule has 2 aliphatic rings. The number of nitrogens with one attached hydrogen (secondary N) is 2. The van der Waals surface area contributed by atoms with Crippen molar-refractivity contribution in [3.8, 4) is 0 Å². The summed E-state index contributed by atoms with van der Waals surface area (Å²) in [6.07, 6.45) is 0. The molecule has 1 aromatic carbocycles. The molecule has 1 amide bonds. The van der Waals surface area contributed by atoms with Crippen LogP contribution >= 0.6 is 0 Å². The van der Waals surface area contributed by atoms with Crippen molar-refractivity contribution in [3.63, 3.8) is 0 Å². The van der Waals surface area contributed by atoms with Crippen LogP contribution in [0.2, 0.25) is 0 Å². The first-order chi connectivity index (χ1) is 8.11. The third-order valence-electron chi connectivity index (χ3n) is 3.81. The molecule has 17 heavy (non-hydrogen) atoms. The van der Waals surface area contributed by atoms with E-state index < -0.39 is 5.41 Å². The van der Waals surface area contributed by atoms with Gasteiger partial charge in [0, 0.05) is 0 Å². The van der Waals surface area contributed by atoms with Crippen LogP contribution in [-0.4, -0.2) is 25.2 Å². The van der Waals surface area contributed by atoms with Crippen LogP contribution in [-0.2, 0) is 9.53 Å². The fourth-order valence-corrected chi connectivity index (χ4v) is 2.50. The molecular formula is C13H16N2O2. The average molecular weight is 232 g/mol. The van der Waals surface area contributed by atoms with Crippen molar-refractivity contribution >= 4 is 17.3 Å². The highest BCUT2D eigenvalue weighted by molar-refractivity contribution is 6.01. The Hall–Kier alpha value is -1.55. The SMILES string of the molecule is Cc1cccc2c1NC1COCC1(C)C(=O)N2. The standard InChI is InChI=1S/C13H16N2O2/c1-8-4-3-5-9-11(8)15-10-6-17-7-13(10,2)12(16)14-9/h3-5,10,15H,6-7H2,1-2H3,(H,14,16). The van der Waals surface area contributed by atoms with Gasteiger partial charge in [-0.1, -0.05) is 12.1 Å². The van der Waals surface area contributed by atoms with E-state index >= 15 is 0 Å². The van der Waals surface area contributed by atoms with Crippen molar-refractivity contribution in [1.82, 2.24) is 0 Å². The molecule has 0 radical (unpaired) electrons. The number of fused-ring (bicyclic) bond motifs is 2. The Morgan fingerprint density at radius 1 is 1.47 bits per heavy atom. The second-order valence-electron chi connectivity index (χ2n) is 5.08. The largest absolute Gasteiger partial charge is 0.378 e. The molecule has 3 rings (SSSR count). The maximum Gasteiger partial charge on any atom is 0.234 e. The van der Waals surface area contributed by atoms with Crippen LogP contribution in [0.25, 0.3) is 0 Å². The van der Waals surface area contributed by atoms with Crippen LogP contribution in [0.5, 0.6) is 0 Å². The van der Waals surface area contributed by atoms with Crippen LogP contribution in [0.3, 0.4) is 0 Å². The van der Waals surface area contributed by atoms with Gasteiger partial charge in [-0.25, -0.2) is 0 Å². The second kappa shape index (κ2) is 3.47. The highest BCUT2D eigenvalue weighted by atomic mass is 16.5. The minimum absolute atomic E-state index is 0.0388. The summed E-state index contributed by atoms with van der Waals surface area (Å²) < 4.78 is 5.45. The topological polar surface area (TPSA) is 50.4 Å². The first-order valence-electron chi connectivity index (χ1n) is 5.86. The summed E-state index contributed by atoms with van der Waals surface area (Å²) in [6.45, 7) is 5.05. The Balaban J connectivity index is 2.09. The first-order valence-corrected chi connectivity index (χ1v) is 5.86. The molecule has 0 aliphatic carbocycles. The van der Waals surface area contributed by atoms with Crippen LogP contribution in [0.1, 0.15) is 12.5 Å². The molecule has 2 N–H and O–H groups in total. The zero-order valence-corrected chi connectivity index (χ0v) is 10.0. The number of carbonyl (C=O) groups excluding carboxylic acids is 1. The quantitative estimate of drug-likeness (QED) is 0.716.